The van der Waals surface area contributed by atoms with Crippen LogP contribution in [0.15, 0.2) is 18.5 Å². The summed E-state index contributed by atoms with van der Waals surface area (Å²) in [5.74, 6) is 0.0583. The zero-order chi connectivity index (χ0) is 6.97. The molecule has 0 spiro atoms. The van der Waals surface area contributed by atoms with Crippen LogP contribution in [0.2, 0.25) is 0 Å². The highest BCUT2D eigenvalue weighted by molar-refractivity contribution is 5.98. The molecule has 0 unspecified atom stereocenters. The molecule has 0 aliphatic carbocycles. The van der Waals surface area contributed by atoms with Gasteiger partial charge in [0, 0.05) is 23.6 Å². The number of aromatic nitrogens is 1. The minimum absolute atomic E-state index is 0. The first-order valence-electron chi connectivity index (χ1n) is 3.09. The maximum absolute atomic E-state index is 10.8. The topological polar surface area (TPSA) is 42.0 Å². The van der Waals surface area contributed by atoms with Gasteiger partial charge in [0.1, 0.15) is 0 Å². The molecule has 58 valence electrons. The van der Waals surface area contributed by atoms with E-state index in [9.17, 15) is 4.79 Å². The summed E-state index contributed by atoms with van der Waals surface area (Å²) in [6.45, 7) is 0. The Hall–Kier alpha value is -1.38. The zero-order valence-electron chi connectivity index (χ0n) is 5.29. The number of fused-ring (bicyclic) bond motifs is 1. The number of carbonyl (C=O) groups excluding carboxylic acids is 1. The maximum Gasteiger partial charge on any atom is 0.228 e. The number of nitrogens with one attached hydrogen (secondary N) is 1. The predicted octanol–water partition coefficient (Wildman–Crippen LogP) is 1.21. The number of hydrogen-bond acceptors (Lipinski definition) is 2. The summed E-state index contributed by atoms with van der Waals surface area (Å²) in [5, 5.41) is 2.72. The molecule has 0 saturated carbocycles. The smallest absolute Gasteiger partial charge is 0.228 e. The summed E-state index contributed by atoms with van der Waals surface area (Å²) in [5.41, 5.74) is 1.90. The minimum atomic E-state index is 0. The van der Waals surface area contributed by atoms with E-state index < -0.39 is 0 Å². The van der Waals surface area contributed by atoms with Crippen LogP contribution in [0.3, 0.4) is 0 Å². The lowest BCUT2D eigenvalue weighted by molar-refractivity contribution is -0.115. The molecule has 1 amide bonds. The van der Waals surface area contributed by atoms with E-state index in [0.29, 0.717) is 6.42 Å². The van der Waals surface area contributed by atoms with E-state index in [2.05, 4.69) is 10.3 Å². The average Bonchev–Trinajstić information content (AvgIpc) is 2.27. The van der Waals surface area contributed by atoms with Gasteiger partial charge in [-0.1, -0.05) is 7.43 Å². The number of carbonyl (C=O) groups is 1. The second kappa shape index (κ2) is 2.70. The molecule has 3 nitrogen and oxygen atoms in total. The van der Waals surface area contributed by atoms with E-state index >= 15 is 0 Å². The quantitative estimate of drug-likeness (QED) is 0.604. The van der Waals surface area contributed by atoms with Crippen molar-refractivity contribution >= 4 is 11.6 Å². The zero-order valence-corrected chi connectivity index (χ0v) is 5.29. The molecule has 0 aromatic carbocycles. The molecule has 1 aliphatic rings. The molecule has 1 aromatic heterocycles. The van der Waals surface area contributed by atoms with Crippen LogP contribution in [0.5, 0.6) is 0 Å². The Morgan fingerprint density at radius 1 is 1.55 bits per heavy atom. The molecule has 2 rings (SSSR count). The molecular formula is C8H10N2O. The van der Waals surface area contributed by atoms with Crippen molar-refractivity contribution < 1.29 is 4.79 Å². The van der Waals surface area contributed by atoms with E-state index in [-0.39, 0.29) is 13.3 Å². The van der Waals surface area contributed by atoms with Crippen LogP contribution in [0.1, 0.15) is 13.0 Å². The summed E-state index contributed by atoms with van der Waals surface area (Å²) in [4.78, 5) is 14.7. The molecule has 0 bridgehead atoms. The van der Waals surface area contributed by atoms with Crippen molar-refractivity contribution in [2.24, 2.45) is 0 Å². The molecule has 3 heteroatoms. The van der Waals surface area contributed by atoms with Crippen LogP contribution in [0.4, 0.5) is 5.69 Å². The van der Waals surface area contributed by atoms with Gasteiger partial charge >= 0.3 is 0 Å². The number of anilines is 1. The van der Waals surface area contributed by atoms with Gasteiger partial charge in [-0.15, -0.1) is 0 Å². The van der Waals surface area contributed by atoms with Crippen LogP contribution in [0.25, 0.3) is 0 Å². The molecule has 0 radical (unpaired) electrons. The van der Waals surface area contributed by atoms with Crippen molar-refractivity contribution in [2.75, 3.05) is 5.32 Å². The first-order valence-corrected chi connectivity index (χ1v) is 3.09. The molecule has 1 aromatic rings. The fourth-order valence-corrected chi connectivity index (χ4v) is 1.06. The lowest BCUT2D eigenvalue weighted by Gasteiger charge is -1.92. The highest BCUT2D eigenvalue weighted by Crippen LogP contribution is 2.19. The fraction of sp³-hybridized carbons (Fsp3) is 0.250. The summed E-state index contributed by atoms with van der Waals surface area (Å²) < 4.78 is 0. The highest BCUT2D eigenvalue weighted by atomic mass is 16.1. The Morgan fingerprint density at radius 3 is 3.09 bits per heavy atom. The van der Waals surface area contributed by atoms with Crippen LogP contribution in [-0.4, -0.2) is 10.9 Å². The first kappa shape index (κ1) is 7.72. The van der Waals surface area contributed by atoms with Gasteiger partial charge < -0.3 is 5.32 Å². The van der Waals surface area contributed by atoms with Crippen molar-refractivity contribution in [3.63, 3.8) is 0 Å². The van der Waals surface area contributed by atoms with Gasteiger partial charge in [-0.05, 0) is 6.07 Å². The van der Waals surface area contributed by atoms with Gasteiger partial charge in [0.05, 0.1) is 6.42 Å². The molecule has 0 fully saturated rings. The SMILES string of the molecule is C.O=C1Cc2cnccc2N1. The Balaban J connectivity index is 0.000000605. The Morgan fingerprint density at radius 2 is 2.36 bits per heavy atom. The third-order valence-corrected chi connectivity index (χ3v) is 1.53. The van der Waals surface area contributed by atoms with E-state index in [0.717, 1.165) is 11.3 Å². The molecule has 0 atom stereocenters. The van der Waals surface area contributed by atoms with Crippen LogP contribution >= 0.6 is 0 Å². The van der Waals surface area contributed by atoms with Gasteiger partial charge in [0.25, 0.3) is 0 Å². The highest BCUT2D eigenvalue weighted by Gasteiger charge is 2.15. The van der Waals surface area contributed by atoms with Crippen molar-refractivity contribution in [2.45, 2.75) is 13.8 Å². The van der Waals surface area contributed by atoms with E-state index in [1.807, 2.05) is 0 Å². The van der Waals surface area contributed by atoms with Crippen molar-refractivity contribution in [1.29, 1.82) is 0 Å². The van der Waals surface area contributed by atoms with Crippen LogP contribution in [-0.2, 0) is 11.2 Å². The molecule has 0 saturated heterocycles. The monoisotopic (exact) mass is 150 g/mol. The van der Waals surface area contributed by atoms with Crippen molar-refractivity contribution in [3.05, 3.63) is 24.0 Å². The standard InChI is InChI=1S/C7H6N2O.CH4/c10-7-3-5-4-8-2-1-6(5)9-7;/h1-2,4H,3H2,(H,9,10);1H4. The maximum atomic E-state index is 10.8. The number of hydrogen-bond donors (Lipinski definition) is 1. The second-order valence-corrected chi connectivity index (χ2v) is 2.26. The Kier molecular flexibility index (Phi) is 1.89. The lowest BCUT2D eigenvalue weighted by atomic mass is 10.2. The van der Waals surface area contributed by atoms with Gasteiger partial charge in [0.15, 0.2) is 0 Å². The largest absolute Gasteiger partial charge is 0.325 e. The number of pyridine rings is 1. The van der Waals surface area contributed by atoms with Gasteiger partial charge in [-0.25, -0.2) is 0 Å². The van der Waals surface area contributed by atoms with Crippen LogP contribution in [0, 0.1) is 0 Å². The number of nitrogens with zero attached hydrogens (tertiary/aromatic N) is 1. The summed E-state index contributed by atoms with van der Waals surface area (Å²) >= 11 is 0. The van der Waals surface area contributed by atoms with Gasteiger partial charge in [0.2, 0.25) is 5.91 Å². The van der Waals surface area contributed by atoms with E-state index in [1.54, 1.807) is 18.5 Å². The van der Waals surface area contributed by atoms with Gasteiger partial charge in [-0.2, -0.15) is 0 Å². The van der Waals surface area contributed by atoms with Crippen molar-refractivity contribution in [3.8, 4) is 0 Å². The third-order valence-electron chi connectivity index (χ3n) is 1.53. The summed E-state index contributed by atoms with van der Waals surface area (Å²) in [7, 11) is 0. The Labute approximate surface area is 65.5 Å². The average molecular weight is 150 g/mol. The van der Waals surface area contributed by atoms with Gasteiger partial charge in [-0.3, -0.25) is 9.78 Å². The molecule has 1 aliphatic heterocycles. The van der Waals surface area contributed by atoms with E-state index in [4.69, 9.17) is 0 Å². The normalized spacial score (nSPS) is 13.3. The number of rotatable bonds is 0. The fourth-order valence-electron chi connectivity index (χ4n) is 1.06. The summed E-state index contributed by atoms with van der Waals surface area (Å²) in [6, 6.07) is 1.81. The Bertz CT molecular complexity index is 256. The molecule has 1 N–H and O–H groups in total. The third kappa shape index (κ3) is 1.22. The predicted molar refractivity (Wildman–Crippen MR) is 43.3 cm³/mol. The van der Waals surface area contributed by atoms with Crippen molar-refractivity contribution in [1.82, 2.24) is 4.98 Å². The first-order chi connectivity index (χ1) is 4.86. The van der Waals surface area contributed by atoms with Crippen LogP contribution < -0.4 is 5.32 Å². The lowest BCUT2D eigenvalue weighted by Crippen LogP contribution is -2.03. The molecule has 11 heavy (non-hydrogen) atoms. The summed E-state index contributed by atoms with van der Waals surface area (Å²) in [6.07, 6.45) is 3.86. The number of amides is 1. The molecular weight excluding hydrogens is 140 g/mol. The van der Waals surface area contributed by atoms with E-state index in [1.165, 1.54) is 0 Å². The second-order valence-electron chi connectivity index (χ2n) is 2.26. The minimum Gasteiger partial charge on any atom is -0.325 e. The molecule has 2 heterocycles.